The first-order valence-corrected chi connectivity index (χ1v) is 20.9. The largest absolute Gasteiger partial charge is 0.469 e. The van der Waals surface area contributed by atoms with Crippen molar-refractivity contribution in [1.82, 2.24) is 31.9 Å². The zero-order valence-electron chi connectivity index (χ0n) is 37.0. The van der Waals surface area contributed by atoms with Gasteiger partial charge in [-0.25, -0.2) is 4.79 Å². The van der Waals surface area contributed by atoms with Crippen molar-refractivity contribution in [3.63, 3.8) is 0 Å². The third-order valence-electron chi connectivity index (χ3n) is 10.4. The number of hydrogen-bond donors (Lipinski definition) is 6. The number of nitrogens with one attached hydrogen (secondary N) is 6. The molecule has 6 aliphatic rings. The molecule has 354 valence electrons. The molecule has 0 unspecified atom stereocenters. The highest BCUT2D eigenvalue weighted by Gasteiger charge is 2.60. The molecule has 24 nitrogen and oxygen atoms in total. The van der Waals surface area contributed by atoms with Crippen molar-refractivity contribution >= 4 is 41.6 Å². The summed E-state index contributed by atoms with van der Waals surface area (Å²) < 4.78 is 62.7. The van der Waals surface area contributed by atoms with Crippen LogP contribution in [0.25, 0.3) is 0 Å². The van der Waals surface area contributed by atoms with Crippen LogP contribution in [-0.2, 0) is 80.9 Å². The number of carbonyl (C=O) groups is 7. The number of esters is 1. The van der Waals surface area contributed by atoms with Gasteiger partial charge in [-0.1, -0.05) is 0 Å². The maximum atomic E-state index is 13.5. The van der Waals surface area contributed by atoms with Crippen LogP contribution in [0.4, 0.5) is 4.79 Å². The Balaban J connectivity index is 1.00. The topological polar surface area (TPSA) is 293 Å². The smallest absolute Gasteiger partial charge is 0.408 e. The summed E-state index contributed by atoms with van der Waals surface area (Å²) >= 11 is 0. The lowest BCUT2D eigenvalue weighted by Gasteiger charge is -2.27. The Morgan fingerprint density at radius 3 is 1.17 bits per heavy atom. The second kappa shape index (κ2) is 18.7. The van der Waals surface area contributed by atoms with Gasteiger partial charge in [0.15, 0.2) is 54.5 Å². The highest BCUT2D eigenvalue weighted by atomic mass is 16.9. The third-order valence-corrected chi connectivity index (χ3v) is 10.4. The zero-order valence-corrected chi connectivity index (χ0v) is 37.0. The molecule has 6 aliphatic heterocycles. The van der Waals surface area contributed by atoms with Gasteiger partial charge in [-0.3, -0.25) is 28.8 Å². The SMILES string of the molecule is COC(=O)CCNC(=O)[C@H]1O[C@@H]2OC(C)(C)O[C@@H]2[C@@H]1NC(=O)CCNC(=O)[C@H]1O[C@@H]2OC(C)(C)O[C@@H]2[C@@H]1NC(=O)CCNC(=O)[C@H]1O[C@@H]2OC(C)(C)O[C@@H]2[C@@H]1NC(=O)OC(C)(C)C. The van der Waals surface area contributed by atoms with Crippen molar-refractivity contribution in [2.75, 3.05) is 26.7 Å². The first kappa shape index (κ1) is 48.2. The molecule has 0 radical (unpaired) electrons. The summed E-state index contributed by atoms with van der Waals surface area (Å²) in [5.41, 5.74) is -0.816. The molecule has 6 heterocycles. The molecule has 6 fully saturated rings. The zero-order chi connectivity index (χ0) is 46.2. The first-order chi connectivity index (χ1) is 29.3. The van der Waals surface area contributed by atoms with E-state index in [-0.39, 0.29) is 38.9 Å². The molecule has 0 aromatic heterocycles. The number of ether oxygens (including phenoxy) is 11. The van der Waals surface area contributed by atoms with E-state index in [0.717, 1.165) is 0 Å². The molecular formula is C39H60N6O18. The molecule has 63 heavy (non-hydrogen) atoms. The number of amides is 6. The van der Waals surface area contributed by atoms with Crippen LogP contribution in [0.15, 0.2) is 0 Å². The number of methoxy groups -OCH3 is 1. The lowest BCUT2D eigenvalue weighted by atomic mass is 10.1. The van der Waals surface area contributed by atoms with Gasteiger partial charge < -0.3 is 84.0 Å². The van der Waals surface area contributed by atoms with Crippen molar-refractivity contribution in [2.24, 2.45) is 0 Å². The average Bonchev–Trinajstić information content (AvgIpc) is 3.96. The lowest BCUT2D eigenvalue weighted by molar-refractivity contribution is -0.208. The summed E-state index contributed by atoms with van der Waals surface area (Å²) in [6.45, 7) is 14.7. The first-order valence-electron chi connectivity index (χ1n) is 20.9. The van der Waals surface area contributed by atoms with Crippen LogP contribution in [0.2, 0.25) is 0 Å². The third kappa shape index (κ3) is 11.9. The maximum absolute atomic E-state index is 13.5. The van der Waals surface area contributed by atoms with Crippen molar-refractivity contribution in [2.45, 2.75) is 178 Å². The highest BCUT2D eigenvalue weighted by Crippen LogP contribution is 2.40. The van der Waals surface area contributed by atoms with E-state index >= 15 is 0 Å². The Bertz CT molecular complexity index is 1770. The predicted octanol–water partition coefficient (Wildman–Crippen LogP) is -1.83. The fourth-order valence-electron chi connectivity index (χ4n) is 7.92. The summed E-state index contributed by atoms with van der Waals surface area (Å²) in [5, 5.41) is 16.0. The minimum atomic E-state index is -1.30. The van der Waals surface area contributed by atoms with E-state index in [1.165, 1.54) is 7.11 Å². The van der Waals surface area contributed by atoms with Gasteiger partial charge in [0.05, 0.1) is 31.7 Å². The van der Waals surface area contributed by atoms with Gasteiger partial charge in [0, 0.05) is 32.5 Å². The molecule has 24 heteroatoms. The van der Waals surface area contributed by atoms with Crippen LogP contribution in [0.1, 0.15) is 81.6 Å². The van der Waals surface area contributed by atoms with Gasteiger partial charge in [0.2, 0.25) is 11.8 Å². The summed E-state index contributed by atoms with van der Waals surface area (Å²) in [7, 11) is 1.23. The second-order valence-electron chi connectivity index (χ2n) is 18.1. The van der Waals surface area contributed by atoms with Crippen molar-refractivity contribution < 1.29 is 85.7 Å². The quantitative estimate of drug-likeness (QED) is 0.0986. The van der Waals surface area contributed by atoms with E-state index in [4.69, 9.17) is 47.4 Å². The van der Waals surface area contributed by atoms with E-state index in [9.17, 15) is 33.6 Å². The summed E-state index contributed by atoms with van der Waals surface area (Å²) in [6, 6.07) is -3.00. The fraction of sp³-hybridized carbons (Fsp3) is 0.821. The summed E-state index contributed by atoms with van der Waals surface area (Å²) in [4.78, 5) is 90.7. The Morgan fingerprint density at radius 2 is 0.841 bits per heavy atom. The van der Waals surface area contributed by atoms with E-state index in [2.05, 4.69) is 36.6 Å². The van der Waals surface area contributed by atoms with Gasteiger partial charge in [0.25, 0.3) is 17.7 Å². The number of alkyl carbamates (subject to hydrolysis) is 1. The highest BCUT2D eigenvalue weighted by molar-refractivity contribution is 5.87. The number of hydrogen-bond acceptors (Lipinski definition) is 18. The normalized spacial score (nSPS) is 34.2. The number of rotatable bonds is 15. The van der Waals surface area contributed by atoms with Crippen LogP contribution >= 0.6 is 0 Å². The molecule has 0 aromatic carbocycles. The van der Waals surface area contributed by atoms with E-state index in [1.807, 2.05) is 0 Å². The molecule has 6 saturated heterocycles. The van der Waals surface area contributed by atoms with Crippen molar-refractivity contribution in [3.05, 3.63) is 0 Å². The van der Waals surface area contributed by atoms with Crippen molar-refractivity contribution in [1.29, 1.82) is 0 Å². The second-order valence-corrected chi connectivity index (χ2v) is 18.1. The molecule has 6 rings (SSSR count). The van der Waals surface area contributed by atoms with Gasteiger partial charge in [0.1, 0.15) is 23.9 Å². The molecule has 0 saturated carbocycles. The predicted molar refractivity (Wildman–Crippen MR) is 208 cm³/mol. The van der Waals surface area contributed by atoms with Crippen LogP contribution in [0.5, 0.6) is 0 Å². The molecule has 6 N–H and O–H groups in total. The van der Waals surface area contributed by atoms with Gasteiger partial charge in [-0.15, -0.1) is 0 Å². The van der Waals surface area contributed by atoms with Gasteiger partial charge in [-0.05, 0) is 62.3 Å². The lowest BCUT2D eigenvalue weighted by Crippen LogP contribution is -2.55. The van der Waals surface area contributed by atoms with E-state index < -0.39 is 138 Å². The molecule has 0 aromatic rings. The van der Waals surface area contributed by atoms with E-state index in [1.54, 1.807) is 62.3 Å². The molecule has 0 bridgehead atoms. The standard InChI is InChI=1S/C39H60N6O18/c1-36(2,3)63-35(52)45-22-25(56-34-28(22)59-39(8,9)62-34)31(51)41-15-12-18(47)43-20-23(54-32-26(20)57-37(4,5)60-32)29(49)40-14-11-17(46)44-21-24(30(50)42-16-13-19(48)53-10)55-33-27(21)58-38(6,7)61-33/h20-28,32-34H,11-16H2,1-10H3,(H,40,49)(H,41,51)(H,42,50)(H,43,47)(H,44,46)(H,45,52)/t20-,21-,22-,23+,24+,25+,26-,27-,28-,32-,33-,34-/m1/s1. The summed E-state index contributed by atoms with van der Waals surface area (Å²) in [6.07, 6.45) is -10.6. The van der Waals surface area contributed by atoms with Crippen LogP contribution in [0, 0.1) is 0 Å². The Kier molecular flexibility index (Phi) is 14.3. The van der Waals surface area contributed by atoms with Crippen LogP contribution in [0.3, 0.4) is 0 Å². The summed E-state index contributed by atoms with van der Waals surface area (Å²) in [5.74, 6) is -6.77. The minimum absolute atomic E-state index is 0.0318. The Morgan fingerprint density at radius 1 is 0.508 bits per heavy atom. The average molecular weight is 901 g/mol. The molecule has 0 aliphatic carbocycles. The van der Waals surface area contributed by atoms with Crippen LogP contribution < -0.4 is 31.9 Å². The van der Waals surface area contributed by atoms with Crippen molar-refractivity contribution in [3.8, 4) is 0 Å². The minimum Gasteiger partial charge on any atom is -0.469 e. The van der Waals surface area contributed by atoms with Gasteiger partial charge >= 0.3 is 12.1 Å². The Labute approximate surface area is 363 Å². The number of fused-ring (bicyclic) bond motifs is 3. The molecule has 0 spiro atoms. The number of carbonyl (C=O) groups excluding carboxylic acids is 7. The maximum Gasteiger partial charge on any atom is 0.408 e. The fourth-order valence-corrected chi connectivity index (χ4v) is 7.92. The molecule has 12 atom stereocenters. The monoisotopic (exact) mass is 900 g/mol. The van der Waals surface area contributed by atoms with Crippen LogP contribution in [-0.4, -0.2) is 165 Å². The van der Waals surface area contributed by atoms with Gasteiger partial charge in [-0.2, -0.15) is 0 Å². The Hall–Kier alpha value is -4.27. The molecule has 6 amide bonds. The molecular weight excluding hydrogens is 840 g/mol. The van der Waals surface area contributed by atoms with E-state index in [0.29, 0.717) is 0 Å².